The molecule has 0 aliphatic heterocycles. The predicted molar refractivity (Wildman–Crippen MR) is 74.9 cm³/mol. The largest absolute Gasteiger partial charge is 0.388 e. The molecule has 1 unspecified atom stereocenters. The van der Waals surface area contributed by atoms with Crippen LogP contribution in [-0.4, -0.2) is 35.2 Å². The summed E-state index contributed by atoms with van der Waals surface area (Å²) in [5.74, 6) is 0. The summed E-state index contributed by atoms with van der Waals surface area (Å²) in [6, 6.07) is 2.19. The first-order valence-electron chi connectivity index (χ1n) is 7.11. The van der Waals surface area contributed by atoms with Crippen molar-refractivity contribution in [2.24, 2.45) is 0 Å². The molecule has 1 heterocycles. The Bertz CT molecular complexity index is 395. The van der Waals surface area contributed by atoms with Gasteiger partial charge in [0.05, 0.1) is 6.10 Å². The Balaban J connectivity index is 2.00. The number of aromatic nitrogens is 1. The maximum absolute atomic E-state index is 10.0. The molecule has 0 saturated carbocycles. The summed E-state index contributed by atoms with van der Waals surface area (Å²) in [6.45, 7) is 4.42. The summed E-state index contributed by atoms with van der Waals surface area (Å²) in [5.41, 5.74) is 3.88. The summed E-state index contributed by atoms with van der Waals surface area (Å²) in [4.78, 5) is 2.24. The van der Waals surface area contributed by atoms with E-state index in [1.54, 1.807) is 0 Å². The quantitative estimate of drug-likeness (QED) is 0.813. The molecule has 0 radical (unpaired) electrons. The van der Waals surface area contributed by atoms with Crippen LogP contribution in [0.3, 0.4) is 0 Å². The van der Waals surface area contributed by atoms with E-state index in [0.717, 1.165) is 32.4 Å². The molecule has 0 bridgehead atoms. The van der Waals surface area contributed by atoms with Gasteiger partial charge in [-0.05, 0) is 65.7 Å². The van der Waals surface area contributed by atoms with Gasteiger partial charge in [-0.25, -0.2) is 0 Å². The lowest BCUT2D eigenvalue weighted by Gasteiger charge is -2.20. The van der Waals surface area contributed by atoms with Gasteiger partial charge in [0.2, 0.25) is 0 Å². The van der Waals surface area contributed by atoms with E-state index in [-0.39, 0.29) is 6.10 Å². The van der Waals surface area contributed by atoms with E-state index in [2.05, 4.69) is 36.6 Å². The van der Waals surface area contributed by atoms with E-state index in [1.165, 1.54) is 29.8 Å². The van der Waals surface area contributed by atoms with Crippen LogP contribution in [0.15, 0.2) is 6.07 Å². The zero-order chi connectivity index (χ0) is 13.1. The fourth-order valence-corrected chi connectivity index (χ4v) is 2.95. The van der Waals surface area contributed by atoms with Crippen molar-refractivity contribution in [1.29, 1.82) is 0 Å². The molecule has 1 aliphatic carbocycles. The second-order valence-corrected chi connectivity index (χ2v) is 5.76. The third kappa shape index (κ3) is 2.96. The molecule has 1 aromatic heterocycles. The Morgan fingerprint density at radius 2 is 2.17 bits per heavy atom. The number of fused-ring (bicyclic) bond motifs is 1. The van der Waals surface area contributed by atoms with E-state index < -0.39 is 0 Å². The molecule has 0 saturated heterocycles. The van der Waals surface area contributed by atoms with Crippen molar-refractivity contribution >= 4 is 0 Å². The molecular formula is C15H26N2O. The molecule has 102 valence electrons. The van der Waals surface area contributed by atoms with Gasteiger partial charge in [0.15, 0.2) is 0 Å². The molecule has 0 spiro atoms. The third-order valence-electron chi connectivity index (χ3n) is 3.94. The molecule has 0 amide bonds. The first-order chi connectivity index (χ1) is 8.59. The van der Waals surface area contributed by atoms with Gasteiger partial charge in [0.1, 0.15) is 0 Å². The van der Waals surface area contributed by atoms with Crippen LogP contribution in [0.2, 0.25) is 0 Å². The maximum atomic E-state index is 10.0. The number of aryl methyl sites for hydroxylation is 1. The number of aliphatic hydroxyl groups excluding tert-OH is 1. The Morgan fingerprint density at radius 3 is 2.89 bits per heavy atom. The van der Waals surface area contributed by atoms with Gasteiger partial charge in [-0.2, -0.15) is 0 Å². The highest BCUT2D eigenvalue weighted by Gasteiger charge is 2.22. The third-order valence-corrected chi connectivity index (χ3v) is 3.94. The molecular weight excluding hydrogens is 224 g/mol. The normalized spacial score (nSPS) is 19.3. The summed E-state index contributed by atoms with van der Waals surface area (Å²) in [6.07, 6.45) is 5.41. The van der Waals surface area contributed by atoms with Crippen molar-refractivity contribution < 1.29 is 5.11 Å². The van der Waals surface area contributed by atoms with Gasteiger partial charge in [0, 0.05) is 23.5 Å². The molecule has 3 heteroatoms. The van der Waals surface area contributed by atoms with Crippen molar-refractivity contribution in [3.8, 4) is 0 Å². The average molecular weight is 250 g/mol. The standard InChI is InChI=1S/C15H26N2O/c1-12-11-13-14(7-6-8-15(13)18)17(12)10-5-4-9-16(2)3/h11,15,18H,4-10H2,1-3H3. The second-order valence-electron chi connectivity index (χ2n) is 5.76. The first kappa shape index (κ1) is 13.6. The average Bonchev–Trinajstić information content (AvgIpc) is 2.63. The lowest BCUT2D eigenvalue weighted by molar-refractivity contribution is 0.155. The van der Waals surface area contributed by atoms with Gasteiger partial charge < -0.3 is 14.6 Å². The van der Waals surface area contributed by atoms with Gasteiger partial charge in [-0.3, -0.25) is 0 Å². The van der Waals surface area contributed by atoms with Crippen LogP contribution in [0.5, 0.6) is 0 Å². The maximum Gasteiger partial charge on any atom is 0.0807 e. The lowest BCUT2D eigenvalue weighted by atomic mass is 9.95. The Hall–Kier alpha value is -0.800. The van der Waals surface area contributed by atoms with E-state index in [0.29, 0.717) is 0 Å². The number of hydrogen-bond acceptors (Lipinski definition) is 2. The van der Waals surface area contributed by atoms with E-state index in [4.69, 9.17) is 0 Å². The zero-order valence-corrected chi connectivity index (χ0v) is 11.9. The SMILES string of the molecule is Cc1cc2c(n1CCCCN(C)C)CCCC2O. The monoisotopic (exact) mass is 250 g/mol. The van der Waals surface area contributed by atoms with Crippen molar-refractivity contribution in [2.45, 2.75) is 51.7 Å². The van der Waals surface area contributed by atoms with Crippen molar-refractivity contribution in [1.82, 2.24) is 9.47 Å². The van der Waals surface area contributed by atoms with Crippen LogP contribution in [0, 0.1) is 6.92 Å². The smallest absolute Gasteiger partial charge is 0.0807 e. The molecule has 1 aliphatic rings. The highest BCUT2D eigenvalue weighted by molar-refractivity contribution is 5.31. The lowest BCUT2D eigenvalue weighted by Crippen LogP contribution is -2.15. The number of rotatable bonds is 5. The number of hydrogen-bond donors (Lipinski definition) is 1. The summed E-state index contributed by atoms with van der Waals surface area (Å²) in [7, 11) is 4.25. The van der Waals surface area contributed by atoms with E-state index in [1.807, 2.05) is 0 Å². The van der Waals surface area contributed by atoms with Crippen LogP contribution >= 0.6 is 0 Å². The molecule has 18 heavy (non-hydrogen) atoms. The topological polar surface area (TPSA) is 28.4 Å². The number of aliphatic hydroxyl groups is 1. The number of nitrogens with zero attached hydrogens (tertiary/aromatic N) is 2. The van der Waals surface area contributed by atoms with Crippen LogP contribution in [0.25, 0.3) is 0 Å². The number of unbranched alkanes of at least 4 members (excludes halogenated alkanes) is 1. The van der Waals surface area contributed by atoms with E-state index >= 15 is 0 Å². The van der Waals surface area contributed by atoms with Gasteiger partial charge in [-0.1, -0.05) is 0 Å². The Morgan fingerprint density at radius 1 is 1.39 bits per heavy atom. The minimum Gasteiger partial charge on any atom is -0.388 e. The molecule has 1 N–H and O–H groups in total. The summed E-state index contributed by atoms with van der Waals surface area (Å²) in [5, 5.41) is 10.0. The predicted octanol–water partition coefficient (Wildman–Crippen LogP) is 2.51. The molecule has 1 aromatic rings. The molecule has 1 atom stereocenters. The zero-order valence-electron chi connectivity index (χ0n) is 11.9. The van der Waals surface area contributed by atoms with Crippen LogP contribution < -0.4 is 0 Å². The van der Waals surface area contributed by atoms with E-state index in [9.17, 15) is 5.11 Å². The first-order valence-corrected chi connectivity index (χ1v) is 7.11. The van der Waals surface area contributed by atoms with Crippen molar-refractivity contribution in [2.75, 3.05) is 20.6 Å². The second kappa shape index (κ2) is 5.89. The minimum atomic E-state index is -0.226. The van der Waals surface area contributed by atoms with Gasteiger partial charge in [0.25, 0.3) is 0 Å². The Kier molecular flexibility index (Phi) is 4.46. The van der Waals surface area contributed by atoms with Crippen molar-refractivity contribution in [3.05, 3.63) is 23.0 Å². The van der Waals surface area contributed by atoms with Crippen LogP contribution in [0.4, 0.5) is 0 Å². The Labute approximate surface area is 110 Å². The minimum absolute atomic E-state index is 0.226. The highest BCUT2D eigenvalue weighted by Crippen LogP contribution is 2.32. The molecule has 0 aromatic carbocycles. The van der Waals surface area contributed by atoms with Crippen molar-refractivity contribution in [3.63, 3.8) is 0 Å². The molecule has 3 nitrogen and oxygen atoms in total. The van der Waals surface area contributed by atoms with Gasteiger partial charge in [-0.15, -0.1) is 0 Å². The fourth-order valence-electron chi connectivity index (χ4n) is 2.95. The summed E-state index contributed by atoms with van der Waals surface area (Å²) >= 11 is 0. The fraction of sp³-hybridized carbons (Fsp3) is 0.733. The van der Waals surface area contributed by atoms with Crippen LogP contribution in [0.1, 0.15) is 48.7 Å². The molecule has 0 fully saturated rings. The summed E-state index contributed by atoms with van der Waals surface area (Å²) < 4.78 is 2.42. The van der Waals surface area contributed by atoms with Gasteiger partial charge >= 0.3 is 0 Å². The highest BCUT2D eigenvalue weighted by atomic mass is 16.3. The van der Waals surface area contributed by atoms with Crippen LogP contribution in [-0.2, 0) is 13.0 Å². The molecule has 2 rings (SSSR count).